The van der Waals surface area contributed by atoms with Crippen LogP contribution in [0.4, 0.5) is 0 Å². The molecule has 43 heavy (non-hydrogen) atoms. The van der Waals surface area contributed by atoms with Crippen molar-refractivity contribution in [3.05, 3.63) is 157 Å². The van der Waals surface area contributed by atoms with Crippen LogP contribution in [-0.4, -0.2) is 9.97 Å². The van der Waals surface area contributed by atoms with Crippen molar-refractivity contribution in [3.63, 3.8) is 0 Å². The Labute approximate surface area is 252 Å². The molecule has 0 bridgehead atoms. The van der Waals surface area contributed by atoms with Crippen molar-refractivity contribution >= 4 is 10.8 Å². The topological polar surface area (TPSA) is 25.8 Å². The molecule has 8 rings (SSSR count). The molecule has 1 aliphatic carbocycles. The number of hydrogen-bond acceptors (Lipinski definition) is 2. The molecular weight excluding hydrogens is 520 g/mol. The molecule has 204 valence electrons. The van der Waals surface area contributed by atoms with E-state index in [1.54, 1.807) is 0 Å². The third-order valence-corrected chi connectivity index (χ3v) is 8.88. The van der Waals surface area contributed by atoms with E-state index in [1.807, 2.05) is 12.1 Å². The predicted octanol–water partition coefficient (Wildman–Crippen LogP) is 10.6. The molecule has 1 aromatic heterocycles. The standard InChI is InChI=1S/C41H30N2/c1-41(2)36-25-32(22-23-34(36)35-24-21-29-13-9-10-16-33(29)39(35)41)38-26-37(30-14-7-4-8-15-30)42-40(43-38)31-19-17-28(18-20-31)27-11-5-3-6-12-27/h3-26H,1-2H3. The molecule has 6 aromatic carbocycles. The largest absolute Gasteiger partial charge is 0.228 e. The maximum absolute atomic E-state index is 5.16. The average molecular weight is 551 g/mol. The first-order valence-electron chi connectivity index (χ1n) is 14.8. The highest BCUT2D eigenvalue weighted by Crippen LogP contribution is 2.52. The zero-order valence-corrected chi connectivity index (χ0v) is 24.3. The molecule has 2 nitrogen and oxygen atoms in total. The van der Waals surface area contributed by atoms with Crippen LogP contribution in [0.2, 0.25) is 0 Å². The highest BCUT2D eigenvalue weighted by atomic mass is 14.9. The summed E-state index contributed by atoms with van der Waals surface area (Å²) in [6.45, 7) is 4.70. The highest BCUT2D eigenvalue weighted by molar-refractivity contribution is 5.98. The van der Waals surface area contributed by atoms with Crippen molar-refractivity contribution in [2.75, 3.05) is 0 Å². The molecule has 7 aromatic rings. The SMILES string of the molecule is CC1(C)c2cc(-c3cc(-c4ccccc4)nc(-c4ccc(-c5ccccc5)cc4)n3)ccc2-c2ccc3ccccc3c21. The fourth-order valence-corrected chi connectivity index (χ4v) is 6.68. The molecule has 0 atom stereocenters. The molecule has 0 radical (unpaired) electrons. The Kier molecular flexibility index (Phi) is 5.84. The predicted molar refractivity (Wildman–Crippen MR) is 179 cm³/mol. The molecule has 1 heterocycles. The number of aromatic nitrogens is 2. The molecule has 0 aliphatic heterocycles. The summed E-state index contributed by atoms with van der Waals surface area (Å²) in [5, 5.41) is 2.62. The van der Waals surface area contributed by atoms with E-state index in [9.17, 15) is 0 Å². The summed E-state index contributed by atoms with van der Waals surface area (Å²) >= 11 is 0. The van der Waals surface area contributed by atoms with Gasteiger partial charge in [0.15, 0.2) is 5.82 Å². The third-order valence-electron chi connectivity index (χ3n) is 8.88. The smallest absolute Gasteiger partial charge is 0.160 e. The maximum atomic E-state index is 5.16. The van der Waals surface area contributed by atoms with Crippen molar-refractivity contribution in [2.24, 2.45) is 0 Å². The molecule has 2 heteroatoms. The second-order valence-electron chi connectivity index (χ2n) is 11.9. The van der Waals surface area contributed by atoms with Crippen LogP contribution in [-0.2, 0) is 5.41 Å². The monoisotopic (exact) mass is 550 g/mol. The van der Waals surface area contributed by atoms with Gasteiger partial charge in [0.25, 0.3) is 0 Å². The molecule has 0 N–H and O–H groups in total. The van der Waals surface area contributed by atoms with E-state index in [-0.39, 0.29) is 5.41 Å². The van der Waals surface area contributed by atoms with Crippen molar-refractivity contribution in [1.29, 1.82) is 0 Å². The van der Waals surface area contributed by atoms with Gasteiger partial charge in [0.05, 0.1) is 11.4 Å². The van der Waals surface area contributed by atoms with E-state index in [0.29, 0.717) is 0 Å². The lowest BCUT2D eigenvalue weighted by Gasteiger charge is -2.23. The van der Waals surface area contributed by atoms with E-state index in [1.165, 1.54) is 44.2 Å². The van der Waals surface area contributed by atoms with Gasteiger partial charge in [-0.2, -0.15) is 0 Å². The van der Waals surface area contributed by atoms with Gasteiger partial charge in [-0.15, -0.1) is 0 Å². The van der Waals surface area contributed by atoms with Gasteiger partial charge in [0.2, 0.25) is 0 Å². The highest BCUT2D eigenvalue weighted by Gasteiger charge is 2.37. The van der Waals surface area contributed by atoms with Crippen LogP contribution in [0.15, 0.2) is 146 Å². The van der Waals surface area contributed by atoms with Crippen LogP contribution < -0.4 is 0 Å². The maximum Gasteiger partial charge on any atom is 0.160 e. The summed E-state index contributed by atoms with van der Waals surface area (Å²) in [7, 11) is 0. The minimum Gasteiger partial charge on any atom is -0.228 e. The zero-order chi connectivity index (χ0) is 29.0. The normalized spacial score (nSPS) is 13.1. The van der Waals surface area contributed by atoms with Crippen molar-refractivity contribution in [1.82, 2.24) is 9.97 Å². The van der Waals surface area contributed by atoms with Crippen molar-refractivity contribution in [2.45, 2.75) is 19.3 Å². The summed E-state index contributed by atoms with van der Waals surface area (Å²) in [5.74, 6) is 0.727. The van der Waals surface area contributed by atoms with Gasteiger partial charge in [0, 0.05) is 22.1 Å². The summed E-state index contributed by atoms with van der Waals surface area (Å²) < 4.78 is 0. The lowest BCUT2D eigenvalue weighted by atomic mass is 9.80. The van der Waals surface area contributed by atoms with Crippen LogP contribution in [0.1, 0.15) is 25.0 Å². The first-order chi connectivity index (χ1) is 21.1. The first kappa shape index (κ1) is 25.4. The Morgan fingerprint density at radius 2 is 1.00 bits per heavy atom. The van der Waals surface area contributed by atoms with Crippen molar-refractivity contribution < 1.29 is 0 Å². The fraction of sp³-hybridized carbons (Fsp3) is 0.0732. The number of rotatable bonds is 4. The zero-order valence-electron chi connectivity index (χ0n) is 24.3. The molecule has 0 spiro atoms. The molecule has 0 unspecified atom stereocenters. The molecular formula is C41H30N2. The first-order valence-corrected chi connectivity index (χ1v) is 14.8. The van der Waals surface area contributed by atoms with Crippen molar-refractivity contribution in [3.8, 4) is 56.2 Å². The summed E-state index contributed by atoms with van der Waals surface area (Å²) in [6, 6.07) is 51.7. The Morgan fingerprint density at radius 3 is 1.74 bits per heavy atom. The minimum absolute atomic E-state index is 0.132. The van der Waals surface area contributed by atoms with E-state index < -0.39 is 0 Å². The van der Waals surface area contributed by atoms with E-state index in [0.717, 1.165) is 33.9 Å². The van der Waals surface area contributed by atoms with Crippen LogP contribution in [0.25, 0.3) is 66.9 Å². The molecule has 0 saturated heterocycles. The van der Waals surface area contributed by atoms with Crippen LogP contribution in [0, 0.1) is 0 Å². The Hall–Kier alpha value is -5.34. The van der Waals surface area contributed by atoms with Crippen LogP contribution in [0.5, 0.6) is 0 Å². The van der Waals surface area contributed by atoms with E-state index in [2.05, 4.69) is 147 Å². The van der Waals surface area contributed by atoms with Gasteiger partial charge >= 0.3 is 0 Å². The Balaban J connectivity index is 1.26. The van der Waals surface area contributed by atoms with Gasteiger partial charge in [-0.05, 0) is 56.3 Å². The number of nitrogens with zero attached hydrogens (tertiary/aromatic N) is 2. The summed E-state index contributed by atoms with van der Waals surface area (Å²) in [5.41, 5.74) is 12.7. The molecule has 0 saturated carbocycles. The number of fused-ring (bicyclic) bond motifs is 5. The van der Waals surface area contributed by atoms with Gasteiger partial charge in [-0.3, -0.25) is 0 Å². The quantitative estimate of drug-likeness (QED) is 0.218. The summed E-state index contributed by atoms with van der Waals surface area (Å²) in [6.07, 6.45) is 0. The van der Waals surface area contributed by atoms with Crippen LogP contribution in [0.3, 0.4) is 0 Å². The van der Waals surface area contributed by atoms with E-state index >= 15 is 0 Å². The van der Waals surface area contributed by atoms with Crippen LogP contribution >= 0.6 is 0 Å². The minimum atomic E-state index is -0.132. The lowest BCUT2D eigenvalue weighted by Crippen LogP contribution is -2.15. The average Bonchev–Trinajstić information content (AvgIpc) is 3.31. The second kappa shape index (κ2) is 9.89. The molecule has 0 amide bonds. The fourth-order valence-electron chi connectivity index (χ4n) is 6.68. The third kappa shape index (κ3) is 4.26. The Morgan fingerprint density at radius 1 is 0.442 bits per heavy atom. The number of benzene rings is 6. The lowest BCUT2D eigenvalue weighted by molar-refractivity contribution is 0.666. The molecule has 1 aliphatic rings. The second-order valence-corrected chi connectivity index (χ2v) is 11.9. The molecule has 0 fully saturated rings. The van der Waals surface area contributed by atoms with E-state index in [4.69, 9.17) is 9.97 Å². The number of hydrogen-bond donors (Lipinski definition) is 0. The van der Waals surface area contributed by atoms with Gasteiger partial charge in [-0.25, -0.2) is 9.97 Å². The van der Waals surface area contributed by atoms with Gasteiger partial charge in [-0.1, -0.05) is 147 Å². The van der Waals surface area contributed by atoms with Gasteiger partial charge in [0.1, 0.15) is 0 Å². The Bertz CT molecular complexity index is 2130. The van der Waals surface area contributed by atoms with Gasteiger partial charge < -0.3 is 0 Å². The summed E-state index contributed by atoms with van der Waals surface area (Å²) in [4.78, 5) is 10.2.